The minimum Gasteiger partial charge on any atom is -0.467 e. The third kappa shape index (κ3) is 6.07. The molecule has 4 aromatic rings. The average Bonchev–Trinajstić information content (AvgIpc) is 3.42. The number of aryl methyl sites for hydroxylation is 2. The first kappa shape index (κ1) is 25.7. The molecule has 1 heterocycles. The number of nitrogens with one attached hydrogen (secondary N) is 2. The fraction of sp³-hybridized carbons (Fsp3) is 0.143. The third-order valence-electron chi connectivity index (χ3n) is 5.85. The Morgan fingerprint density at radius 2 is 1.59 bits per heavy atom. The van der Waals surface area contributed by atoms with Gasteiger partial charge in [-0.3, -0.25) is 13.9 Å². The van der Waals surface area contributed by atoms with Crippen LogP contribution >= 0.6 is 0 Å². The second-order valence-corrected chi connectivity index (χ2v) is 10.3. The smallest absolute Gasteiger partial charge is 0.264 e. The molecule has 4 rings (SSSR count). The molecule has 37 heavy (non-hydrogen) atoms. The van der Waals surface area contributed by atoms with E-state index in [-0.39, 0.29) is 22.7 Å². The molecular weight excluding hydrogens is 490 g/mol. The summed E-state index contributed by atoms with van der Waals surface area (Å²) in [5, 5.41) is 5.45. The van der Waals surface area contributed by atoms with Gasteiger partial charge in [0.15, 0.2) is 0 Å². The molecule has 0 aliphatic carbocycles. The van der Waals surface area contributed by atoms with Crippen molar-refractivity contribution in [1.82, 2.24) is 5.32 Å². The molecule has 3 aromatic carbocycles. The summed E-state index contributed by atoms with van der Waals surface area (Å²) in [5.74, 6) is -0.413. The van der Waals surface area contributed by atoms with Gasteiger partial charge in [0.05, 0.1) is 34.6 Å². The van der Waals surface area contributed by atoms with Crippen LogP contribution in [0.2, 0.25) is 0 Å². The first-order valence-corrected chi connectivity index (χ1v) is 13.0. The normalized spacial score (nSPS) is 11.1. The summed E-state index contributed by atoms with van der Waals surface area (Å²) in [6, 6.07) is 23.2. The van der Waals surface area contributed by atoms with E-state index in [1.807, 2.05) is 19.9 Å². The summed E-state index contributed by atoms with van der Waals surface area (Å²) in [4.78, 5) is 26.0. The van der Waals surface area contributed by atoms with E-state index < -0.39 is 28.4 Å². The Kier molecular flexibility index (Phi) is 7.74. The maximum absolute atomic E-state index is 13.6. The molecule has 9 heteroatoms. The molecule has 0 saturated carbocycles. The average molecular weight is 518 g/mol. The van der Waals surface area contributed by atoms with Gasteiger partial charge in [-0.1, -0.05) is 36.4 Å². The van der Waals surface area contributed by atoms with Crippen molar-refractivity contribution in [3.8, 4) is 0 Å². The van der Waals surface area contributed by atoms with Gasteiger partial charge in [-0.25, -0.2) is 8.42 Å². The number of rotatable bonds is 9. The molecule has 0 atom stereocenters. The molecule has 0 bridgehead atoms. The Balaban J connectivity index is 1.58. The lowest BCUT2D eigenvalue weighted by molar-refractivity contribution is -0.114. The molecule has 0 fully saturated rings. The molecule has 1 aromatic heterocycles. The van der Waals surface area contributed by atoms with Gasteiger partial charge < -0.3 is 15.1 Å². The number of hydrogen-bond donors (Lipinski definition) is 2. The van der Waals surface area contributed by atoms with E-state index in [1.165, 1.54) is 18.4 Å². The first-order chi connectivity index (χ1) is 17.8. The van der Waals surface area contributed by atoms with Crippen LogP contribution in [-0.4, -0.2) is 26.8 Å². The summed E-state index contributed by atoms with van der Waals surface area (Å²) in [6.45, 7) is 3.51. The zero-order valence-electron chi connectivity index (χ0n) is 20.5. The van der Waals surface area contributed by atoms with E-state index in [0.29, 0.717) is 11.4 Å². The van der Waals surface area contributed by atoms with Gasteiger partial charge in [0.25, 0.3) is 15.9 Å². The molecule has 2 N–H and O–H groups in total. The minimum absolute atomic E-state index is 0.0683. The second kappa shape index (κ2) is 11.1. The molecule has 0 spiro atoms. The second-order valence-electron chi connectivity index (χ2n) is 8.45. The van der Waals surface area contributed by atoms with Gasteiger partial charge in [0, 0.05) is 0 Å². The van der Waals surface area contributed by atoms with Crippen LogP contribution in [0.1, 0.15) is 27.2 Å². The van der Waals surface area contributed by atoms with E-state index >= 15 is 0 Å². The number of carbonyl (C=O) groups excluding carboxylic acids is 2. The number of amides is 2. The lowest BCUT2D eigenvalue weighted by Gasteiger charge is -2.25. The molecule has 0 unspecified atom stereocenters. The van der Waals surface area contributed by atoms with Gasteiger partial charge in [0.2, 0.25) is 5.91 Å². The van der Waals surface area contributed by atoms with Crippen molar-refractivity contribution in [2.75, 3.05) is 16.2 Å². The van der Waals surface area contributed by atoms with Crippen molar-refractivity contribution >= 4 is 33.2 Å². The Bertz CT molecular complexity index is 1500. The predicted octanol–water partition coefficient (Wildman–Crippen LogP) is 4.66. The highest BCUT2D eigenvalue weighted by atomic mass is 32.2. The van der Waals surface area contributed by atoms with E-state index in [2.05, 4.69) is 10.6 Å². The highest BCUT2D eigenvalue weighted by molar-refractivity contribution is 7.92. The Hall–Kier alpha value is -4.37. The maximum Gasteiger partial charge on any atom is 0.264 e. The SMILES string of the molecule is Cc1ccc(N(CC(=O)Nc2ccccc2C(=O)NCc2ccco2)S(=O)(=O)c2ccccc2)cc1C. The summed E-state index contributed by atoms with van der Waals surface area (Å²) in [5.41, 5.74) is 2.77. The Labute approximate surface area is 216 Å². The maximum atomic E-state index is 13.6. The molecule has 0 aliphatic heterocycles. The number of hydrogen-bond acceptors (Lipinski definition) is 5. The highest BCUT2D eigenvalue weighted by Crippen LogP contribution is 2.26. The van der Waals surface area contributed by atoms with Crippen LogP contribution in [0.15, 0.2) is 101 Å². The fourth-order valence-corrected chi connectivity index (χ4v) is 5.14. The number of anilines is 2. The number of carbonyl (C=O) groups is 2. The summed E-state index contributed by atoms with van der Waals surface area (Å²) < 4.78 is 33.4. The van der Waals surface area contributed by atoms with Gasteiger partial charge >= 0.3 is 0 Å². The van der Waals surface area contributed by atoms with Crippen LogP contribution in [0.5, 0.6) is 0 Å². The molecule has 190 valence electrons. The fourth-order valence-electron chi connectivity index (χ4n) is 3.70. The van der Waals surface area contributed by atoms with E-state index in [9.17, 15) is 18.0 Å². The zero-order valence-corrected chi connectivity index (χ0v) is 21.3. The molecule has 0 saturated heterocycles. The van der Waals surface area contributed by atoms with E-state index in [4.69, 9.17) is 4.42 Å². The zero-order chi connectivity index (χ0) is 26.4. The van der Waals surface area contributed by atoms with Gasteiger partial charge in [-0.05, 0) is 73.5 Å². The predicted molar refractivity (Wildman–Crippen MR) is 142 cm³/mol. The van der Waals surface area contributed by atoms with Crippen LogP contribution < -0.4 is 14.9 Å². The van der Waals surface area contributed by atoms with Gasteiger partial charge in [0.1, 0.15) is 12.3 Å². The summed E-state index contributed by atoms with van der Waals surface area (Å²) >= 11 is 0. The third-order valence-corrected chi connectivity index (χ3v) is 7.63. The monoisotopic (exact) mass is 517 g/mol. The number of nitrogens with zero attached hydrogens (tertiary/aromatic N) is 1. The molecule has 0 radical (unpaired) electrons. The van der Waals surface area contributed by atoms with E-state index in [1.54, 1.807) is 66.7 Å². The number of furan rings is 1. The van der Waals surface area contributed by atoms with Crippen LogP contribution in [-0.2, 0) is 21.4 Å². The molecule has 0 aliphatic rings. The van der Waals surface area contributed by atoms with Crippen molar-refractivity contribution < 1.29 is 22.4 Å². The minimum atomic E-state index is -4.05. The van der Waals surface area contributed by atoms with Crippen molar-refractivity contribution in [3.05, 3.63) is 114 Å². The molecule has 2 amide bonds. The quantitative estimate of drug-likeness (QED) is 0.336. The lowest BCUT2D eigenvalue weighted by atomic mass is 10.1. The lowest BCUT2D eigenvalue weighted by Crippen LogP contribution is -2.38. The van der Waals surface area contributed by atoms with Crippen molar-refractivity contribution in [2.45, 2.75) is 25.3 Å². The molecular formula is C28H27N3O5S. The van der Waals surface area contributed by atoms with Crippen molar-refractivity contribution in [2.24, 2.45) is 0 Å². The van der Waals surface area contributed by atoms with Gasteiger partial charge in [-0.2, -0.15) is 0 Å². The van der Waals surface area contributed by atoms with E-state index in [0.717, 1.165) is 15.4 Å². The highest BCUT2D eigenvalue weighted by Gasteiger charge is 2.28. The number of sulfonamides is 1. The van der Waals surface area contributed by atoms with Gasteiger partial charge in [-0.15, -0.1) is 0 Å². The Morgan fingerprint density at radius 3 is 2.30 bits per heavy atom. The van der Waals surface area contributed by atoms with Crippen molar-refractivity contribution in [3.63, 3.8) is 0 Å². The van der Waals surface area contributed by atoms with Crippen molar-refractivity contribution in [1.29, 1.82) is 0 Å². The summed E-state index contributed by atoms with van der Waals surface area (Å²) in [6.07, 6.45) is 1.51. The van der Waals surface area contributed by atoms with Crippen LogP contribution in [0.3, 0.4) is 0 Å². The topological polar surface area (TPSA) is 109 Å². The Morgan fingerprint density at radius 1 is 0.865 bits per heavy atom. The van der Waals surface area contributed by atoms with Crippen LogP contribution in [0.4, 0.5) is 11.4 Å². The molecule has 8 nitrogen and oxygen atoms in total. The summed E-state index contributed by atoms with van der Waals surface area (Å²) in [7, 11) is -4.05. The van der Waals surface area contributed by atoms with Crippen LogP contribution in [0.25, 0.3) is 0 Å². The largest absolute Gasteiger partial charge is 0.467 e. The van der Waals surface area contributed by atoms with Crippen LogP contribution in [0, 0.1) is 13.8 Å². The standard InChI is InChI=1S/C28H27N3O5S/c1-20-14-15-22(17-21(20)2)31(37(34,35)24-10-4-3-5-11-24)19-27(32)30-26-13-7-6-12-25(26)28(33)29-18-23-9-8-16-36-23/h3-17H,18-19H2,1-2H3,(H,29,33)(H,30,32). The first-order valence-electron chi connectivity index (χ1n) is 11.6. The number of para-hydroxylation sites is 1. The number of benzene rings is 3.